The quantitative estimate of drug-likeness (QED) is 0.231. The Hall–Kier alpha value is 2.40. The van der Waals surface area contributed by atoms with Crippen LogP contribution >= 0.6 is 0 Å². The van der Waals surface area contributed by atoms with Crippen LogP contribution in [-0.4, -0.2) is 129 Å². The zero-order valence-corrected chi connectivity index (χ0v) is 13.8. The number of hydrogen-bond donors (Lipinski definition) is 0. The monoisotopic (exact) mass is 356 g/mol. The van der Waals surface area contributed by atoms with Crippen LogP contribution in [0.15, 0.2) is 0 Å². The second-order valence-electron chi connectivity index (χ2n) is 0.816. The van der Waals surface area contributed by atoms with E-state index < -0.39 is 20.8 Å². The molecule has 0 bridgehead atoms. The van der Waals surface area contributed by atoms with Crippen molar-refractivity contribution in [3.63, 3.8) is 0 Å². The minimum absolute atomic E-state index is 0. The van der Waals surface area contributed by atoms with Gasteiger partial charge in [0.1, 0.15) is 0 Å². The van der Waals surface area contributed by atoms with E-state index in [1.165, 1.54) is 0 Å². The van der Waals surface area contributed by atoms with Crippen molar-refractivity contribution in [1.29, 1.82) is 0 Å². The Kier molecular flexibility index (Phi) is 39.6. The zero-order chi connectivity index (χ0) is 9.00. The molecular formula is H4CaO10S2Sr. The largest absolute Gasteiger partial charge is 2.00 e. The molecule has 0 rings (SSSR count). The Labute approximate surface area is 147 Å². The van der Waals surface area contributed by atoms with E-state index in [9.17, 15) is 0 Å². The first-order valence-corrected chi connectivity index (χ1v) is 4.00. The Morgan fingerprint density at radius 3 is 0.643 bits per heavy atom. The molecule has 0 spiro atoms. The van der Waals surface area contributed by atoms with Gasteiger partial charge in [0.25, 0.3) is 0 Å². The summed E-state index contributed by atoms with van der Waals surface area (Å²) in [6, 6.07) is 0. The molecule has 0 aromatic heterocycles. The van der Waals surface area contributed by atoms with E-state index >= 15 is 0 Å². The van der Waals surface area contributed by atoms with Crippen molar-refractivity contribution in [1.82, 2.24) is 0 Å². The molecule has 0 atom stereocenters. The molecule has 0 aliphatic carbocycles. The maximum absolute atomic E-state index is 8.52. The van der Waals surface area contributed by atoms with Crippen LogP contribution in [0.25, 0.3) is 0 Å². The fourth-order valence-corrected chi connectivity index (χ4v) is 0. The molecule has 0 saturated heterocycles. The van der Waals surface area contributed by atoms with Crippen molar-refractivity contribution in [3.05, 3.63) is 0 Å². The average molecular weight is 356 g/mol. The standard InChI is InChI=1S/Ca.2H2O4S.2H2O.Sr/c;2*1-5(2,3)4;;;/h;2*(H2,1,2,3,4);2*1H2;/q+2;;;;;+2/p-4. The Balaban J connectivity index is -0.0000000178. The van der Waals surface area contributed by atoms with E-state index in [4.69, 9.17) is 35.0 Å². The summed E-state index contributed by atoms with van der Waals surface area (Å²) in [6.07, 6.45) is 0. The van der Waals surface area contributed by atoms with Crippen molar-refractivity contribution in [2.75, 3.05) is 0 Å². The van der Waals surface area contributed by atoms with E-state index in [1.807, 2.05) is 0 Å². The van der Waals surface area contributed by atoms with Crippen LogP contribution in [-0.2, 0) is 20.8 Å². The molecular weight excluding hydrogens is 352 g/mol. The minimum Gasteiger partial charge on any atom is -0.759 e. The molecule has 0 heterocycles. The van der Waals surface area contributed by atoms with Gasteiger partial charge < -0.3 is 29.2 Å². The summed E-state index contributed by atoms with van der Waals surface area (Å²) >= 11 is 0. The molecule has 0 aliphatic heterocycles. The minimum atomic E-state index is -5.17. The second kappa shape index (κ2) is 15.4. The molecule has 0 amide bonds. The molecule has 0 aliphatic rings. The maximum Gasteiger partial charge on any atom is 2.00 e. The molecule has 0 aromatic rings. The topological polar surface area (TPSA) is 224 Å². The van der Waals surface area contributed by atoms with Crippen molar-refractivity contribution in [3.8, 4) is 0 Å². The SMILES string of the molecule is O.O.O=S(=O)([O-])[O-].O=S(=O)([O-])[O-].[Ca+2].[Sr+2]. The maximum atomic E-state index is 8.52. The van der Waals surface area contributed by atoms with Crippen molar-refractivity contribution < 1.29 is 46.0 Å². The van der Waals surface area contributed by atoms with Crippen molar-refractivity contribution in [2.45, 2.75) is 0 Å². The van der Waals surface area contributed by atoms with Crippen LogP contribution in [0.5, 0.6) is 0 Å². The van der Waals surface area contributed by atoms with Crippen LogP contribution < -0.4 is 0 Å². The van der Waals surface area contributed by atoms with Gasteiger partial charge in [0.05, 0.1) is 0 Å². The zero-order valence-electron chi connectivity index (χ0n) is 6.50. The van der Waals surface area contributed by atoms with Gasteiger partial charge in [0.15, 0.2) is 0 Å². The van der Waals surface area contributed by atoms with Gasteiger partial charge in [-0.25, -0.2) is 0 Å². The first kappa shape index (κ1) is 36.0. The van der Waals surface area contributed by atoms with Crippen LogP contribution in [0.3, 0.4) is 0 Å². The summed E-state index contributed by atoms with van der Waals surface area (Å²) in [5.41, 5.74) is 0. The Bertz CT molecular complexity index is 214. The summed E-state index contributed by atoms with van der Waals surface area (Å²) in [5.74, 6) is 0. The first-order chi connectivity index (χ1) is 4.00. The van der Waals surface area contributed by atoms with Crippen molar-refractivity contribution in [2.24, 2.45) is 0 Å². The number of rotatable bonds is 0. The van der Waals surface area contributed by atoms with Crippen molar-refractivity contribution >= 4 is 104 Å². The molecule has 4 N–H and O–H groups in total. The third-order valence-electron chi connectivity index (χ3n) is 0. The van der Waals surface area contributed by atoms with Crippen LogP contribution in [0.1, 0.15) is 0 Å². The van der Waals surface area contributed by atoms with Gasteiger partial charge in [0, 0.05) is 20.8 Å². The van der Waals surface area contributed by atoms with E-state index in [0.29, 0.717) is 0 Å². The van der Waals surface area contributed by atoms with Crippen LogP contribution in [0.2, 0.25) is 0 Å². The predicted molar refractivity (Wildman–Crippen MR) is 39.7 cm³/mol. The fourth-order valence-electron chi connectivity index (χ4n) is 0. The molecule has 0 aromatic carbocycles. The normalized spacial score (nSPS) is 8.29. The third-order valence-corrected chi connectivity index (χ3v) is 0. The molecule has 0 unspecified atom stereocenters. The van der Waals surface area contributed by atoms with Gasteiger partial charge in [-0.15, -0.1) is 0 Å². The van der Waals surface area contributed by atoms with Gasteiger partial charge in [-0.3, -0.25) is 16.8 Å². The third kappa shape index (κ3) is 449. The van der Waals surface area contributed by atoms with E-state index in [2.05, 4.69) is 0 Å². The molecule has 0 fully saturated rings. The average Bonchev–Trinajstić information content (AvgIpc) is 1.12. The van der Waals surface area contributed by atoms with Gasteiger partial charge in [-0.05, 0) is 0 Å². The molecule has 14 heavy (non-hydrogen) atoms. The molecule has 0 radical (unpaired) electrons. The fraction of sp³-hybridized carbons (Fsp3) is 0. The smallest absolute Gasteiger partial charge is 0.759 e. The summed E-state index contributed by atoms with van der Waals surface area (Å²) in [6.45, 7) is 0. The summed E-state index contributed by atoms with van der Waals surface area (Å²) < 4.78 is 68.2. The van der Waals surface area contributed by atoms with E-state index in [1.54, 1.807) is 0 Å². The summed E-state index contributed by atoms with van der Waals surface area (Å²) in [5, 5.41) is 0. The van der Waals surface area contributed by atoms with E-state index in [-0.39, 0.29) is 94.2 Å². The molecule has 80 valence electrons. The predicted octanol–water partition coefficient (Wildman–Crippen LogP) is -5.09. The summed E-state index contributed by atoms with van der Waals surface area (Å²) in [4.78, 5) is 0. The Morgan fingerprint density at radius 1 is 0.643 bits per heavy atom. The molecule has 10 nitrogen and oxygen atoms in total. The van der Waals surface area contributed by atoms with Crippen LogP contribution in [0.4, 0.5) is 0 Å². The Morgan fingerprint density at radius 2 is 0.643 bits per heavy atom. The van der Waals surface area contributed by atoms with E-state index in [0.717, 1.165) is 0 Å². The van der Waals surface area contributed by atoms with Crippen LogP contribution in [0, 0.1) is 0 Å². The molecule has 14 heteroatoms. The van der Waals surface area contributed by atoms with Gasteiger partial charge in [0.2, 0.25) is 0 Å². The number of hydrogen-bond acceptors (Lipinski definition) is 8. The molecule has 0 saturated carbocycles. The van der Waals surface area contributed by atoms with Gasteiger partial charge in [-0.2, -0.15) is 0 Å². The summed E-state index contributed by atoms with van der Waals surface area (Å²) in [7, 11) is -10.3. The first-order valence-electron chi connectivity index (χ1n) is 1.33. The van der Waals surface area contributed by atoms with Gasteiger partial charge in [-0.1, -0.05) is 0 Å². The second-order valence-corrected chi connectivity index (χ2v) is 2.45. The van der Waals surface area contributed by atoms with Gasteiger partial charge >= 0.3 is 83.2 Å².